The van der Waals surface area contributed by atoms with Gasteiger partial charge in [0.2, 0.25) is 0 Å². The Labute approximate surface area is 221 Å². The molecule has 2 N–H and O–H groups in total. The molecule has 0 fully saturated rings. The van der Waals surface area contributed by atoms with Crippen molar-refractivity contribution in [1.29, 1.82) is 0 Å². The quantitative estimate of drug-likeness (QED) is 0.251. The third-order valence-corrected chi connectivity index (χ3v) is 6.52. The number of nitrogens with one attached hydrogen (secondary N) is 2. The summed E-state index contributed by atoms with van der Waals surface area (Å²) in [5, 5.41) is 18.7. The van der Waals surface area contributed by atoms with E-state index in [1.807, 2.05) is 30.5 Å². The van der Waals surface area contributed by atoms with Crippen molar-refractivity contribution in [3.63, 3.8) is 0 Å². The van der Waals surface area contributed by atoms with E-state index in [1.54, 1.807) is 6.20 Å². The van der Waals surface area contributed by atoms with E-state index in [9.17, 15) is 0 Å². The molecular weight excluding hydrogens is 472 g/mol. The maximum atomic E-state index is 6.00. The molecule has 0 atom stereocenters. The summed E-state index contributed by atoms with van der Waals surface area (Å²) in [5.74, 6) is 2.46. The lowest BCUT2D eigenvalue weighted by Crippen LogP contribution is -2.10. The van der Waals surface area contributed by atoms with Crippen LogP contribution in [0.4, 0.5) is 0 Å². The second-order valence-electron chi connectivity index (χ2n) is 10.9. The molecule has 0 bridgehead atoms. The fraction of sp³-hybridized carbons (Fsp3) is 0.226. The molecule has 0 radical (unpaired) electrons. The number of rotatable bonds is 7. The number of ether oxygens (including phenoxy) is 1. The van der Waals surface area contributed by atoms with Gasteiger partial charge in [-0.2, -0.15) is 10.2 Å². The van der Waals surface area contributed by atoms with Crippen molar-refractivity contribution in [3.05, 3.63) is 90.5 Å². The van der Waals surface area contributed by atoms with Crippen LogP contribution in [0.25, 0.3) is 44.3 Å². The topological polar surface area (TPSA) is 92.4 Å². The minimum absolute atomic E-state index is 0.140. The maximum absolute atomic E-state index is 6.00. The summed E-state index contributed by atoms with van der Waals surface area (Å²) >= 11 is 0. The average Bonchev–Trinajstić information content (AvgIpc) is 3.55. The van der Waals surface area contributed by atoms with Crippen LogP contribution in [0.5, 0.6) is 5.75 Å². The average molecular weight is 503 g/mol. The molecule has 0 amide bonds. The number of hydrogen-bond acceptors (Lipinski definition) is 5. The third-order valence-electron chi connectivity index (χ3n) is 6.52. The van der Waals surface area contributed by atoms with Gasteiger partial charge in [-0.1, -0.05) is 45.0 Å². The molecule has 7 nitrogen and oxygen atoms in total. The zero-order valence-corrected chi connectivity index (χ0v) is 21.8. The van der Waals surface area contributed by atoms with E-state index in [2.05, 4.69) is 88.6 Å². The van der Waals surface area contributed by atoms with Crippen LogP contribution in [-0.2, 0) is 12.8 Å². The highest BCUT2D eigenvalue weighted by atomic mass is 16.5. The van der Waals surface area contributed by atoms with E-state index in [4.69, 9.17) is 9.72 Å². The highest BCUT2D eigenvalue weighted by Gasteiger charge is 2.16. The number of aromatic nitrogens is 6. The molecule has 0 aliphatic carbocycles. The lowest BCUT2D eigenvalue weighted by Gasteiger charge is -2.15. The van der Waals surface area contributed by atoms with Crippen LogP contribution in [0.2, 0.25) is 0 Å². The van der Waals surface area contributed by atoms with Crippen LogP contribution < -0.4 is 4.74 Å². The Morgan fingerprint density at radius 1 is 0.842 bits per heavy atom. The van der Waals surface area contributed by atoms with Gasteiger partial charge in [-0.15, -0.1) is 0 Å². The van der Waals surface area contributed by atoms with E-state index in [1.165, 1.54) is 5.56 Å². The number of hydrogen-bond donors (Lipinski definition) is 2. The van der Waals surface area contributed by atoms with Crippen molar-refractivity contribution in [2.24, 2.45) is 5.41 Å². The second kappa shape index (κ2) is 9.74. The van der Waals surface area contributed by atoms with Gasteiger partial charge in [-0.25, -0.2) is 4.98 Å². The molecule has 7 heteroatoms. The summed E-state index contributed by atoms with van der Waals surface area (Å²) in [7, 11) is 0. The SMILES string of the molecule is CC(C)(C)Cc1nc(-c2ccc3[nH]nc(-c4ccc5cc(OCCc6cccnc6)ccc5c4)c3c2)n[nH]1. The fourth-order valence-corrected chi connectivity index (χ4v) is 4.67. The summed E-state index contributed by atoms with van der Waals surface area (Å²) in [5.41, 5.74) is 5.21. The first kappa shape index (κ1) is 23.9. The van der Waals surface area contributed by atoms with Gasteiger partial charge >= 0.3 is 0 Å². The summed E-state index contributed by atoms with van der Waals surface area (Å²) in [4.78, 5) is 8.90. The summed E-state index contributed by atoms with van der Waals surface area (Å²) in [6.45, 7) is 7.19. The zero-order chi connectivity index (χ0) is 26.1. The highest BCUT2D eigenvalue weighted by Crippen LogP contribution is 2.32. The molecule has 0 aliphatic rings. The Morgan fingerprint density at radius 2 is 1.68 bits per heavy atom. The molecule has 38 heavy (non-hydrogen) atoms. The number of fused-ring (bicyclic) bond motifs is 2. The van der Waals surface area contributed by atoms with Crippen LogP contribution in [0.1, 0.15) is 32.2 Å². The lowest BCUT2D eigenvalue weighted by molar-refractivity contribution is 0.322. The van der Waals surface area contributed by atoms with Gasteiger partial charge in [0.25, 0.3) is 0 Å². The third kappa shape index (κ3) is 5.13. The molecule has 0 unspecified atom stereocenters. The van der Waals surface area contributed by atoms with Crippen LogP contribution >= 0.6 is 0 Å². The molecule has 3 aromatic heterocycles. The van der Waals surface area contributed by atoms with Crippen molar-refractivity contribution < 1.29 is 4.74 Å². The predicted octanol–water partition coefficient (Wildman–Crippen LogP) is 6.77. The van der Waals surface area contributed by atoms with Crippen molar-refractivity contribution in [2.75, 3.05) is 6.61 Å². The van der Waals surface area contributed by atoms with Crippen LogP contribution in [0.15, 0.2) is 79.1 Å². The first-order valence-corrected chi connectivity index (χ1v) is 12.9. The molecule has 6 aromatic rings. The predicted molar refractivity (Wildman–Crippen MR) is 151 cm³/mol. The molecule has 3 heterocycles. The van der Waals surface area contributed by atoms with Gasteiger partial charge in [-0.3, -0.25) is 15.2 Å². The minimum Gasteiger partial charge on any atom is -0.493 e. The Bertz CT molecular complexity index is 1710. The monoisotopic (exact) mass is 502 g/mol. The number of benzene rings is 3. The van der Waals surface area contributed by atoms with Crippen molar-refractivity contribution in [1.82, 2.24) is 30.4 Å². The van der Waals surface area contributed by atoms with E-state index >= 15 is 0 Å². The molecule has 0 saturated heterocycles. The molecule has 3 aromatic carbocycles. The van der Waals surface area contributed by atoms with Crippen molar-refractivity contribution in [3.8, 4) is 28.4 Å². The summed E-state index contributed by atoms with van der Waals surface area (Å²) in [6, 6.07) is 22.8. The van der Waals surface area contributed by atoms with Crippen LogP contribution in [0, 0.1) is 5.41 Å². The Hall–Kier alpha value is -4.52. The van der Waals surface area contributed by atoms with Gasteiger partial charge in [0.05, 0.1) is 17.8 Å². The minimum atomic E-state index is 0.140. The van der Waals surface area contributed by atoms with Gasteiger partial charge in [-0.05, 0) is 64.2 Å². The Kier molecular flexibility index (Phi) is 6.12. The van der Waals surface area contributed by atoms with Gasteiger partial charge < -0.3 is 4.74 Å². The van der Waals surface area contributed by atoms with Gasteiger partial charge in [0.15, 0.2) is 5.82 Å². The molecular formula is C31H30N6O. The standard InChI is InChI=1S/C31H30N6O/c1-31(2,3)18-28-33-30(37-35-28)24-9-11-27-26(17-24)29(36-34-27)23-7-6-22-16-25(10-8-21(22)15-23)38-14-12-20-5-4-13-32-19-20/h4-11,13,15-17,19H,12,14,18H2,1-3H3,(H,34,36)(H,33,35,37). The number of nitrogens with zero attached hydrogens (tertiary/aromatic N) is 4. The Balaban J connectivity index is 1.24. The van der Waals surface area contributed by atoms with Crippen LogP contribution in [-0.4, -0.2) is 37.0 Å². The normalized spacial score (nSPS) is 11.9. The highest BCUT2D eigenvalue weighted by molar-refractivity contribution is 5.97. The molecule has 0 aliphatic heterocycles. The van der Waals surface area contributed by atoms with Gasteiger partial charge in [0.1, 0.15) is 11.6 Å². The summed E-state index contributed by atoms with van der Waals surface area (Å²) in [6.07, 6.45) is 5.33. The molecule has 190 valence electrons. The number of pyridine rings is 1. The van der Waals surface area contributed by atoms with E-state index in [-0.39, 0.29) is 5.41 Å². The first-order chi connectivity index (χ1) is 18.4. The van der Waals surface area contributed by atoms with E-state index in [0.29, 0.717) is 12.4 Å². The zero-order valence-electron chi connectivity index (χ0n) is 21.8. The van der Waals surface area contributed by atoms with E-state index in [0.717, 1.165) is 62.9 Å². The number of aromatic amines is 2. The van der Waals surface area contributed by atoms with Crippen LogP contribution in [0.3, 0.4) is 0 Å². The lowest BCUT2D eigenvalue weighted by atomic mass is 9.92. The molecule has 0 spiro atoms. The largest absolute Gasteiger partial charge is 0.493 e. The summed E-state index contributed by atoms with van der Waals surface area (Å²) < 4.78 is 6.00. The van der Waals surface area contributed by atoms with Crippen molar-refractivity contribution >= 4 is 21.7 Å². The van der Waals surface area contributed by atoms with Crippen molar-refractivity contribution in [2.45, 2.75) is 33.6 Å². The molecule has 0 saturated carbocycles. The molecule has 6 rings (SSSR count). The van der Waals surface area contributed by atoms with E-state index < -0.39 is 0 Å². The first-order valence-electron chi connectivity index (χ1n) is 12.9. The smallest absolute Gasteiger partial charge is 0.181 e. The Morgan fingerprint density at radius 3 is 2.53 bits per heavy atom. The maximum Gasteiger partial charge on any atom is 0.181 e. The number of H-pyrrole nitrogens is 2. The fourth-order valence-electron chi connectivity index (χ4n) is 4.67. The van der Waals surface area contributed by atoms with Gasteiger partial charge in [0, 0.05) is 41.7 Å². The second-order valence-corrected chi connectivity index (χ2v) is 10.9.